The number of hydrogen-bond donors (Lipinski definition) is 1. The van der Waals surface area contributed by atoms with Crippen molar-refractivity contribution in [1.29, 1.82) is 0 Å². The van der Waals surface area contributed by atoms with E-state index in [0.717, 1.165) is 51.4 Å². The van der Waals surface area contributed by atoms with E-state index in [9.17, 15) is 18.1 Å². The van der Waals surface area contributed by atoms with Gasteiger partial charge in [-0.05, 0) is 26.2 Å². The molecule has 0 spiro atoms. The summed E-state index contributed by atoms with van der Waals surface area (Å²) in [5, 5.41) is 9.25. The quantitative estimate of drug-likeness (QED) is 0.194. The first-order chi connectivity index (χ1) is 12.4. The number of unbranched alkanes of at least 4 members (excludes halogenated alkanes) is 12. The third-order valence-corrected chi connectivity index (χ3v) is 6.50. The first-order valence-corrected chi connectivity index (χ1v) is 12.5. The van der Waals surface area contributed by atoms with E-state index in [0.29, 0.717) is 6.42 Å². The van der Waals surface area contributed by atoms with Crippen molar-refractivity contribution in [2.45, 2.75) is 134 Å². The number of rotatable bonds is 19. The van der Waals surface area contributed by atoms with E-state index < -0.39 is 15.4 Å². The molecule has 0 aliphatic heterocycles. The van der Waals surface area contributed by atoms with Gasteiger partial charge in [-0.3, -0.25) is 0 Å². The fourth-order valence-corrected chi connectivity index (χ4v) is 3.78. The molecule has 27 heavy (non-hydrogen) atoms. The molecule has 0 aromatic rings. The summed E-state index contributed by atoms with van der Waals surface area (Å²) in [6, 6.07) is 0. The van der Waals surface area contributed by atoms with Gasteiger partial charge in [0.1, 0.15) is 0 Å². The molecule has 0 aliphatic carbocycles. The Bertz CT molecular complexity index is 401. The molecule has 6 heteroatoms. The van der Waals surface area contributed by atoms with Crippen molar-refractivity contribution < 1.29 is 69.5 Å². The summed E-state index contributed by atoms with van der Waals surface area (Å²) in [4.78, 5) is 0. The largest absolute Gasteiger partial charge is 1.00 e. The van der Waals surface area contributed by atoms with Crippen molar-refractivity contribution in [2.75, 3.05) is 0 Å². The maximum Gasteiger partial charge on any atom is 1.00 e. The number of hydrogen-bond acceptors (Lipinski definition) is 4. The monoisotopic (exact) mass is 430 g/mol. The van der Waals surface area contributed by atoms with Crippen LogP contribution in [0.15, 0.2) is 0 Å². The van der Waals surface area contributed by atoms with Crippen LogP contribution in [0, 0.1) is 0 Å². The molecule has 2 unspecified atom stereocenters. The van der Waals surface area contributed by atoms with Crippen LogP contribution in [-0.2, 0) is 10.1 Å². The first-order valence-electron chi connectivity index (χ1n) is 11.0. The molecule has 0 bridgehead atoms. The van der Waals surface area contributed by atoms with Crippen LogP contribution in [0.2, 0.25) is 0 Å². The second kappa shape index (κ2) is 20.8. The van der Waals surface area contributed by atoms with Gasteiger partial charge in [0, 0.05) is 5.25 Å². The summed E-state index contributed by atoms with van der Waals surface area (Å²) < 4.78 is 32.4. The van der Waals surface area contributed by atoms with Crippen LogP contribution in [-0.4, -0.2) is 29.4 Å². The molecule has 0 saturated heterocycles. The maximum absolute atomic E-state index is 10.8. The van der Waals surface area contributed by atoms with Crippen LogP contribution in [0.25, 0.3) is 0 Å². The van der Waals surface area contributed by atoms with Crippen LogP contribution < -0.4 is 51.4 Å². The fraction of sp³-hybridized carbons (Fsp3) is 1.00. The molecular weight excluding hydrogens is 387 g/mol. The summed E-state index contributed by atoms with van der Waals surface area (Å²) in [7, 11) is -4.12. The van der Waals surface area contributed by atoms with Crippen molar-refractivity contribution in [3.63, 3.8) is 0 Å². The zero-order chi connectivity index (χ0) is 19.7. The molecule has 2 atom stereocenters. The molecule has 0 amide bonds. The van der Waals surface area contributed by atoms with Gasteiger partial charge in [-0.1, -0.05) is 96.8 Å². The molecule has 0 rings (SSSR count). The molecule has 0 heterocycles. The van der Waals surface area contributed by atoms with Crippen LogP contribution in [0.3, 0.4) is 0 Å². The Balaban J connectivity index is 0. The minimum atomic E-state index is -4.12. The van der Waals surface area contributed by atoms with Gasteiger partial charge in [-0.25, -0.2) is 8.42 Å². The standard InChI is InChI=1S/C21H44O4S.K/c1-3-4-5-6-7-8-9-12-15-18-21(22)19-16-13-10-11-14-17-20(2)26(23,24)25;/h20-22H,3-19H2,1-2H3,(H,23,24,25);/q;+1/p-1. The molecule has 0 radical (unpaired) electrons. The van der Waals surface area contributed by atoms with Crippen LogP contribution in [0.4, 0.5) is 0 Å². The average molecular weight is 431 g/mol. The third kappa shape index (κ3) is 22.0. The van der Waals surface area contributed by atoms with Gasteiger partial charge >= 0.3 is 51.4 Å². The van der Waals surface area contributed by atoms with E-state index in [2.05, 4.69) is 6.92 Å². The molecule has 0 aromatic carbocycles. The van der Waals surface area contributed by atoms with Gasteiger partial charge in [0.05, 0.1) is 16.2 Å². The predicted molar refractivity (Wildman–Crippen MR) is 109 cm³/mol. The third-order valence-electron chi connectivity index (χ3n) is 5.28. The summed E-state index contributed by atoms with van der Waals surface area (Å²) >= 11 is 0. The van der Waals surface area contributed by atoms with Crippen molar-refractivity contribution in [2.24, 2.45) is 0 Å². The first kappa shape index (κ1) is 30.7. The topological polar surface area (TPSA) is 77.4 Å². The Morgan fingerprint density at radius 2 is 1.04 bits per heavy atom. The Morgan fingerprint density at radius 1 is 0.704 bits per heavy atom. The summed E-state index contributed by atoms with van der Waals surface area (Å²) in [6.45, 7) is 3.74. The van der Waals surface area contributed by atoms with E-state index in [1.54, 1.807) is 0 Å². The zero-order valence-electron chi connectivity index (χ0n) is 18.3. The van der Waals surface area contributed by atoms with Crippen molar-refractivity contribution in [1.82, 2.24) is 0 Å². The van der Waals surface area contributed by atoms with Gasteiger partial charge in [-0.2, -0.15) is 0 Å². The second-order valence-electron chi connectivity index (χ2n) is 7.92. The molecular formula is C21H43KO4S. The van der Waals surface area contributed by atoms with Crippen LogP contribution in [0.1, 0.15) is 123 Å². The fourth-order valence-electron chi connectivity index (χ4n) is 3.32. The Morgan fingerprint density at radius 3 is 1.41 bits per heavy atom. The number of aliphatic hydroxyl groups excluding tert-OH is 1. The predicted octanol–water partition coefficient (Wildman–Crippen LogP) is 2.94. The minimum Gasteiger partial charge on any atom is -0.748 e. The Kier molecular flexibility index (Phi) is 23.6. The van der Waals surface area contributed by atoms with Gasteiger partial charge in [0.15, 0.2) is 0 Å². The van der Waals surface area contributed by atoms with Crippen molar-refractivity contribution in [3.8, 4) is 0 Å². The summed E-state index contributed by atoms with van der Waals surface area (Å²) in [6.07, 6.45) is 18.8. The number of aliphatic hydroxyl groups is 1. The van der Waals surface area contributed by atoms with Crippen LogP contribution in [0.5, 0.6) is 0 Å². The van der Waals surface area contributed by atoms with Gasteiger partial charge in [-0.15, -0.1) is 0 Å². The molecule has 0 fully saturated rings. The SMILES string of the molecule is CCCCCCCCCCCC(O)CCCCCCCC(C)S(=O)(=O)[O-].[K+]. The van der Waals surface area contributed by atoms with Gasteiger partial charge < -0.3 is 9.66 Å². The minimum absolute atomic E-state index is 0. The second-order valence-corrected chi connectivity index (χ2v) is 9.71. The van der Waals surface area contributed by atoms with Gasteiger partial charge in [0.2, 0.25) is 0 Å². The average Bonchev–Trinajstić information content (AvgIpc) is 2.58. The molecule has 158 valence electrons. The van der Waals surface area contributed by atoms with Crippen LogP contribution >= 0.6 is 0 Å². The van der Waals surface area contributed by atoms with E-state index >= 15 is 0 Å². The van der Waals surface area contributed by atoms with E-state index in [4.69, 9.17) is 0 Å². The maximum atomic E-state index is 10.8. The van der Waals surface area contributed by atoms with Crippen molar-refractivity contribution >= 4 is 10.1 Å². The van der Waals surface area contributed by atoms with Gasteiger partial charge in [0.25, 0.3) is 0 Å². The normalized spacial score (nSPS) is 13.9. The molecule has 0 aromatic heterocycles. The summed E-state index contributed by atoms with van der Waals surface area (Å²) in [5.74, 6) is 0. The van der Waals surface area contributed by atoms with E-state index in [1.165, 1.54) is 58.3 Å². The zero-order valence-corrected chi connectivity index (χ0v) is 22.2. The summed E-state index contributed by atoms with van der Waals surface area (Å²) in [5.41, 5.74) is 0. The Hall–Kier alpha value is 1.51. The smallest absolute Gasteiger partial charge is 0.748 e. The van der Waals surface area contributed by atoms with E-state index in [1.807, 2.05) is 0 Å². The Labute approximate surface area is 211 Å². The molecule has 0 aliphatic rings. The molecule has 1 N–H and O–H groups in total. The molecule has 0 saturated carbocycles. The molecule has 4 nitrogen and oxygen atoms in total. The van der Waals surface area contributed by atoms with Crippen molar-refractivity contribution in [3.05, 3.63) is 0 Å². The van der Waals surface area contributed by atoms with E-state index in [-0.39, 0.29) is 57.5 Å².